The molecule has 0 radical (unpaired) electrons. The monoisotopic (exact) mass is 633 g/mol. The fourth-order valence-corrected chi connectivity index (χ4v) is 5.36. The Kier molecular flexibility index (Phi) is 9.33. The fourth-order valence-electron chi connectivity index (χ4n) is 3.91. The van der Waals surface area contributed by atoms with Crippen molar-refractivity contribution >= 4 is 56.7 Å². The third-order valence-electron chi connectivity index (χ3n) is 6.03. The average Bonchev–Trinajstić information content (AvgIpc) is 3.62. The molecule has 2 amide bonds. The summed E-state index contributed by atoms with van der Waals surface area (Å²) in [5, 5.41) is 16.4. The molecule has 0 spiro atoms. The number of sulfonamides is 1. The van der Waals surface area contributed by atoms with Crippen LogP contribution in [0.5, 0.6) is 5.75 Å². The van der Waals surface area contributed by atoms with E-state index in [0.717, 1.165) is 11.8 Å². The average molecular weight is 634 g/mol. The van der Waals surface area contributed by atoms with Crippen LogP contribution in [0.15, 0.2) is 116 Å². The van der Waals surface area contributed by atoms with Crippen molar-refractivity contribution in [3.8, 4) is 5.75 Å². The molecule has 224 valence electrons. The Morgan fingerprint density at radius 3 is 2.50 bits per heavy atom. The number of nitrogens with zero attached hydrogens (tertiary/aromatic N) is 3. The number of nitrogens with two attached hydrogens (primary N) is 1. The molecule has 0 bridgehead atoms. The highest BCUT2D eigenvalue weighted by molar-refractivity contribution is 8.18. The number of halogens is 1. The summed E-state index contributed by atoms with van der Waals surface area (Å²) in [5.74, 6) is -0.292. The summed E-state index contributed by atoms with van der Waals surface area (Å²) in [7, 11) is -3.85. The van der Waals surface area contributed by atoms with Crippen molar-refractivity contribution in [1.82, 2.24) is 4.90 Å². The number of ether oxygens (including phenoxy) is 1. The summed E-state index contributed by atoms with van der Waals surface area (Å²) < 4.78 is 47.3. The molecule has 0 unspecified atom stereocenters. The van der Waals surface area contributed by atoms with Crippen molar-refractivity contribution in [3.63, 3.8) is 0 Å². The Balaban J connectivity index is 1.31. The highest BCUT2D eigenvalue weighted by atomic mass is 32.2. The Hall–Kier alpha value is -5.05. The van der Waals surface area contributed by atoms with Gasteiger partial charge in [-0.1, -0.05) is 30.3 Å². The Bertz CT molecular complexity index is 1860. The van der Waals surface area contributed by atoms with E-state index in [-0.39, 0.29) is 29.8 Å². The van der Waals surface area contributed by atoms with Gasteiger partial charge in [0, 0.05) is 11.3 Å². The van der Waals surface area contributed by atoms with Crippen LogP contribution in [0.2, 0.25) is 0 Å². The standard InChI is InChI=1S/C30H24FN5O6S2/c31-22-9-7-20(8-10-22)17-33-35-30-36(18-24-5-3-15-41-24)29(38)27(43-30)16-21-4-1-2-6-26(21)42-19-28(37)34-23-11-13-25(14-12-23)44(32,39)40/h1-17H,18-19H2,(H,34,37)(H2,32,39,40)/b27-16-,33-17+,35-30-. The molecule has 2 heterocycles. The molecule has 44 heavy (non-hydrogen) atoms. The fraction of sp³-hybridized carbons (Fsp3) is 0.0667. The first-order valence-corrected chi connectivity index (χ1v) is 15.3. The van der Waals surface area contributed by atoms with E-state index < -0.39 is 15.9 Å². The van der Waals surface area contributed by atoms with Crippen LogP contribution in [0.1, 0.15) is 16.9 Å². The van der Waals surface area contributed by atoms with Crippen molar-refractivity contribution in [3.05, 3.63) is 119 Å². The lowest BCUT2D eigenvalue weighted by Crippen LogP contribution is -2.28. The minimum Gasteiger partial charge on any atom is -0.483 e. The number of benzene rings is 3. The molecule has 1 aliphatic heterocycles. The zero-order chi connectivity index (χ0) is 31.1. The van der Waals surface area contributed by atoms with Crippen LogP contribution in [-0.2, 0) is 26.2 Å². The predicted octanol–water partition coefficient (Wildman–Crippen LogP) is 4.59. The summed E-state index contributed by atoms with van der Waals surface area (Å²) >= 11 is 1.10. The van der Waals surface area contributed by atoms with Crippen molar-refractivity contribution in [2.24, 2.45) is 15.3 Å². The second-order valence-electron chi connectivity index (χ2n) is 9.20. The van der Waals surface area contributed by atoms with E-state index in [4.69, 9.17) is 14.3 Å². The van der Waals surface area contributed by atoms with Gasteiger partial charge in [0.2, 0.25) is 10.0 Å². The molecule has 1 aliphatic rings. The van der Waals surface area contributed by atoms with Gasteiger partial charge in [0.25, 0.3) is 11.8 Å². The van der Waals surface area contributed by atoms with Crippen LogP contribution in [0, 0.1) is 5.82 Å². The van der Waals surface area contributed by atoms with E-state index >= 15 is 0 Å². The van der Waals surface area contributed by atoms with Crippen LogP contribution >= 0.6 is 11.8 Å². The van der Waals surface area contributed by atoms with Crippen LogP contribution in [0.3, 0.4) is 0 Å². The zero-order valence-corrected chi connectivity index (χ0v) is 24.4. The number of primary sulfonamides is 1. The number of hydrogen-bond donors (Lipinski definition) is 2. The molecule has 3 N–H and O–H groups in total. The minimum absolute atomic E-state index is 0.0800. The number of hydrogen-bond acceptors (Lipinski definition) is 9. The maximum absolute atomic E-state index is 13.5. The van der Waals surface area contributed by atoms with E-state index in [2.05, 4.69) is 15.5 Å². The maximum Gasteiger partial charge on any atom is 0.267 e. The van der Waals surface area contributed by atoms with Crippen molar-refractivity contribution in [2.75, 3.05) is 11.9 Å². The van der Waals surface area contributed by atoms with Gasteiger partial charge in [0.1, 0.15) is 17.3 Å². The van der Waals surface area contributed by atoms with Gasteiger partial charge < -0.3 is 14.5 Å². The summed E-state index contributed by atoms with van der Waals surface area (Å²) in [6.45, 7) is -0.231. The number of furan rings is 1. The van der Waals surface area contributed by atoms with Gasteiger partial charge in [-0.15, -0.1) is 5.10 Å². The molecule has 3 aromatic carbocycles. The van der Waals surface area contributed by atoms with E-state index in [1.165, 1.54) is 53.8 Å². The molecule has 4 aromatic rings. The molecule has 11 nitrogen and oxygen atoms in total. The molecule has 0 aliphatic carbocycles. The van der Waals surface area contributed by atoms with Crippen LogP contribution in [-0.4, -0.2) is 43.1 Å². The maximum atomic E-state index is 13.5. The Labute approximate surface area is 256 Å². The number of amides is 2. The summed E-state index contributed by atoms with van der Waals surface area (Å²) in [5.41, 5.74) is 1.54. The van der Waals surface area contributed by atoms with E-state index in [9.17, 15) is 22.4 Å². The van der Waals surface area contributed by atoms with E-state index in [1.54, 1.807) is 54.6 Å². The number of carbonyl (C=O) groups is 2. The minimum atomic E-state index is -3.85. The SMILES string of the molecule is NS(=O)(=O)c1ccc(NC(=O)COc2ccccc2/C=C2\S/C(=N\N=C\c3ccc(F)cc3)N(Cc3ccco3)C2=O)cc1. The first-order valence-electron chi connectivity index (χ1n) is 12.9. The normalized spacial score (nSPS) is 15.4. The molecule has 14 heteroatoms. The molecular formula is C30H24FN5O6S2. The zero-order valence-electron chi connectivity index (χ0n) is 22.8. The lowest BCUT2D eigenvalue weighted by molar-refractivity contribution is -0.122. The van der Waals surface area contributed by atoms with Gasteiger partial charge in [-0.05, 0) is 78.0 Å². The van der Waals surface area contributed by atoms with Crippen LogP contribution in [0.25, 0.3) is 6.08 Å². The molecule has 1 aromatic heterocycles. The second kappa shape index (κ2) is 13.5. The highest BCUT2D eigenvalue weighted by Crippen LogP contribution is 2.35. The number of thioether (sulfide) groups is 1. The third-order valence-corrected chi connectivity index (χ3v) is 7.96. The lowest BCUT2D eigenvalue weighted by Gasteiger charge is -2.12. The third kappa shape index (κ3) is 7.86. The highest BCUT2D eigenvalue weighted by Gasteiger charge is 2.34. The quantitative estimate of drug-likeness (QED) is 0.147. The molecule has 0 saturated carbocycles. The van der Waals surface area contributed by atoms with Gasteiger partial charge in [0.15, 0.2) is 11.8 Å². The van der Waals surface area contributed by atoms with Crippen LogP contribution < -0.4 is 15.2 Å². The molecule has 5 rings (SSSR count). The second-order valence-corrected chi connectivity index (χ2v) is 11.8. The number of rotatable bonds is 10. The number of carbonyl (C=O) groups excluding carboxylic acids is 2. The summed E-state index contributed by atoms with van der Waals surface area (Å²) in [6, 6.07) is 21.5. The van der Waals surface area contributed by atoms with Gasteiger partial charge in [-0.3, -0.25) is 14.5 Å². The lowest BCUT2D eigenvalue weighted by atomic mass is 10.2. The van der Waals surface area contributed by atoms with Crippen molar-refractivity contribution in [2.45, 2.75) is 11.4 Å². The molecule has 1 fully saturated rings. The van der Waals surface area contributed by atoms with E-state index in [1.807, 2.05) is 0 Å². The number of para-hydroxylation sites is 1. The first-order chi connectivity index (χ1) is 21.2. The van der Waals surface area contributed by atoms with Gasteiger partial charge >= 0.3 is 0 Å². The van der Waals surface area contributed by atoms with E-state index in [0.29, 0.717) is 38.4 Å². The Morgan fingerprint density at radius 2 is 1.80 bits per heavy atom. The smallest absolute Gasteiger partial charge is 0.267 e. The largest absolute Gasteiger partial charge is 0.483 e. The van der Waals surface area contributed by atoms with Gasteiger partial charge in [-0.25, -0.2) is 17.9 Å². The number of nitrogens with one attached hydrogen (secondary N) is 1. The number of anilines is 1. The molecule has 0 atom stereocenters. The van der Waals surface area contributed by atoms with Gasteiger partial charge in [-0.2, -0.15) is 5.10 Å². The summed E-state index contributed by atoms with van der Waals surface area (Å²) in [4.78, 5) is 27.7. The Morgan fingerprint density at radius 1 is 1.05 bits per heavy atom. The molecule has 1 saturated heterocycles. The van der Waals surface area contributed by atoms with Crippen molar-refractivity contribution < 1.29 is 31.6 Å². The summed E-state index contributed by atoms with van der Waals surface area (Å²) in [6.07, 6.45) is 4.59. The predicted molar refractivity (Wildman–Crippen MR) is 165 cm³/mol. The number of amidine groups is 1. The first kappa shape index (κ1) is 30.4. The molecular weight excluding hydrogens is 609 g/mol. The topological polar surface area (TPSA) is 157 Å². The van der Waals surface area contributed by atoms with Crippen LogP contribution in [0.4, 0.5) is 10.1 Å². The van der Waals surface area contributed by atoms with Crippen molar-refractivity contribution in [1.29, 1.82) is 0 Å². The van der Waals surface area contributed by atoms with Gasteiger partial charge in [0.05, 0.1) is 28.8 Å².